The highest BCUT2D eigenvalue weighted by Crippen LogP contribution is 2.16. The predicted octanol–water partition coefficient (Wildman–Crippen LogP) is -0.0966. The van der Waals surface area contributed by atoms with Crippen molar-refractivity contribution < 1.29 is 9.53 Å². The lowest BCUT2D eigenvalue weighted by Gasteiger charge is -2.12. The highest BCUT2D eigenvalue weighted by Gasteiger charge is 2.19. The second-order valence-electron chi connectivity index (χ2n) is 3.15. The number of aromatic nitrogens is 3. The highest BCUT2D eigenvalue weighted by molar-refractivity contribution is 5.70. The molecule has 0 aromatic carbocycles. The van der Waals surface area contributed by atoms with Gasteiger partial charge in [-0.1, -0.05) is 0 Å². The molecule has 1 aromatic heterocycles. The topological polar surface area (TPSA) is 83.0 Å². The lowest BCUT2D eigenvalue weighted by Crippen LogP contribution is -2.21. The fraction of sp³-hybridized carbons (Fsp3) is 0.667. The average Bonchev–Trinajstić information content (AvgIpc) is 2.73. The summed E-state index contributed by atoms with van der Waals surface area (Å²) in [6.45, 7) is 3.03. The fourth-order valence-electron chi connectivity index (χ4n) is 1.40. The number of methoxy groups -OCH3 is 1. The molecule has 1 heterocycles. The maximum absolute atomic E-state index is 11.1. The molecule has 2 N–H and O–H groups in total. The minimum atomic E-state index is -0.281. The van der Waals surface area contributed by atoms with Gasteiger partial charge in [-0.2, -0.15) is 5.10 Å². The number of aryl methyl sites for hydroxylation is 1. The maximum atomic E-state index is 11.1. The first-order valence-corrected chi connectivity index (χ1v) is 4.87. The van der Waals surface area contributed by atoms with Crippen molar-refractivity contribution in [3.63, 3.8) is 0 Å². The maximum Gasteiger partial charge on any atom is 0.306 e. The van der Waals surface area contributed by atoms with Crippen molar-refractivity contribution in [1.29, 1.82) is 0 Å². The van der Waals surface area contributed by atoms with Crippen LogP contribution in [0.1, 0.15) is 25.1 Å². The fourth-order valence-corrected chi connectivity index (χ4v) is 1.40. The van der Waals surface area contributed by atoms with Crippen molar-refractivity contribution in [2.24, 2.45) is 5.73 Å². The largest absolute Gasteiger partial charge is 0.469 e. The molecular weight excluding hydrogens is 196 g/mol. The van der Waals surface area contributed by atoms with Crippen molar-refractivity contribution in [3.05, 3.63) is 12.2 Å². The van der Waals surface area contributed by atoms with E-state index >= 15 is 0 Å². The molecule has 1 aromatic rings. The Morgan fingerprint density at radius 2 is 2.47 bits per heavy atom. The van der Waals surface area contributed by atoms with Gasteiger partial charge >= 0.3 is 5.97 Å². The first-order chi connectivity index (χ1) is 7.22. The molecule has 0 bridgehead atoms. The van der Waals surface area contributed by atoms with Crippen LogP contribution in [0.2, 0.25) is 0 Å². The Hall–Kier alpha value is -1.43. The van der Waals surface area contributed by atoms with Gasteiger partial charge < -0.3 is 10.5 Å². The van der Waals surface area contributed by atoms with E-state index in [2.05, 4.69) is 14.8 Å². The monoisotopic (exact) mass is 212 g/mol. The van der Waals surface area contributed by atoms with Crippen molar-refractivity contribution >= 4 is 5.97 Å². The summed E-state index contributed by atoms with van der Waals surface area (Å²) >= 11 is 0. The molecule has 1 unspecified atom stereocenters. The van der Waals surface area contributed by atoms with Gasteiger partial charge in [-0.05, 0) is 6.92 Å². The van der Waals surface area contributed by atoms with E-state index in [0.29, 0.717) is 13.1 Å². The van der Waals surface area contributed by atoms with Crippen LogP contribution in [0.5, 0.6) is 0 Å². The minimum absolute atomic E-state index is 0.125. The summed E-state index contributed by atoms with van der Waals surface area (Å²) in [7, 11) is 1.36. The predicted molar refractivity (Wildman–Crippen MR) is 54.1 cm³/mol. The van der Waals surface area contributed by atoms with Crippen LogP contribution in [0.25, 0.3) is 0 Å². The summed E-state index contributed by atoms with van der Waals surface area (Å²) in [5.41, 5.74) is 5.60. The molecule has 0 aliphatic rings. The van der Waals surface area contributed by atoms with Crippen molar-refractivity contribution in [3.8, 4) is 0 Å². The Labute approximate surface area is 88.4 Å². The van der Waals surface area contributed by atoms with E-state index in [-0.39, 0.29) is 18.3 Å². The van der Waals surface area contributed by atoms with Crippen LogP contribution in [0, 0.1) is 0 Å². The number of rotatable bonds is 5. The molecule has 0 fully saturated rings. The van der Waals surface area contributed by atoms with E-state index in [1.807, 2.05) is 6.92 Å². The van der Waals surface area contributed by atoms with Crippen molar-refractivity contribution in [2.75, 3.05) is 13.7 Å². The number of carbonyl (C=O) groups is 1. The van der Waals surface area contributed by atoms with Gasteiger partial charge in [-0.15, -0.1) is 0 Å². The molecule has 0 saturated carbocycles. The number of hydrogen-bond donors (Lipinski definition) is 1. The van der Waals surface area contributed by atoms with Gasteiger partial charge in [0, 0.05) is 19.0 Å². The Balaban J connectivity index is 2.78. The molecule has 6 heteroatoms. The number of nitrogens with zero attached hydrogens (tertiary/aromatic N) is 3. The quantitative estimate of drug-likeness (QED) is 0.689. The zero-order chi connectivity index (χ0) is 11.3. The van der Waals surface area contributed by atoms with E-state index in [0.717, 1.165) is 5.82 Å². The Morgan fingerprint density at radius 1 is 1.73 bits per heavy atom. The summed E-state index contributed by atoms with van der Waals surface area (Å²) in [6.07, 6.45) is 1.71. The number of nitrogens with two attached hydrogens (primary N) is 1. The molecule has 0 radical (unpaired) electrons. The lowest BCUT2D eigenvalue weighted by atomic mass is 10.1. The average molecular weight is 212 g/mol. The summed E-state index contributed by atoms with van der Waals surface area (Å²) < 4.78 is 6.34. The third-order valence-corrected chi connectivity index (χ3v) is 2.24. The van der Waals surface area contributed by atoms with Gasteiger partial charge in [0.1, 0.15) is 12.2 Å². The first-order valence-electron chi connectivity index (χ1n) is 4.87. The molecule has 15 heavy (non-hydrogen) atoms. The summed E-state index contributed by atoms with van der Waals surface area (Å²) in [5, 5.41) is 4.03. The van der Waals surface area contributed by atoms with E-state index in [4.69, 9.17) is 5.73 Å². The van der Waals surface area contributed by atoms with Gasteiger partial charge in [-0.25, -0.2) is 4.98 Å². The number of hydrogen-bond acceptors (Lipinski definition) is 5. The molecular formula is C9H16N4O2. The summed E-state index contributed by atoms with van der Waals surface area (Å²) in [5.74, 6) is 0.335. The number of esters is 1. The SMILES string of the molecule is CCn1ncnc1C(CN)CC(=O)OC. The van der Waals surface area contributed by atoms with E-state index in [1.165, 1.54) is 13.4 Å². The standard InChI is InChI=1S/C9H16N4O2/c1-3-13-9(11-6-12-13)7(5-10)4-8(14)15-2/h6-7H,3-5,10H2,1-2H3. The highest BCUT2D eigenvalue weighted by atomic mass is 16.5. The summed E-state index contributed by atoms with van der Waals surface area (Å²) in [4.78, 5) is 15.3. The van der Waals surface area contributed by atoms with E-state index in [1.54, 1.807) is 4.68 Å². The molecule has 84 valence electrons. The third-order valence-electron chi connectivity index (χ3n) is 2.24. The first kappa shape index (κ1) is 11.6. The molecule has 0 aliphatic carbocycles. The van der Waals surface area contributed by atoms with Gasteiger partial charge in [0.2, 0.25) is 0 Å². The smallest absolute Gasteiger partial charge is 0.306 e. The van der Waals surface area contributed by atoms with Gasteiger partial charge in [0.05, 0.1) is 13.5 Å². The van der Waals surface area contributed by atoms with Crippen LogP contribution in [-0.4, -0.2) is 34.4 Å². The molecule has 1 atom stereocenters. The molecule has 0 saturated heterocycles. The van der Waals surface area contributed by atoms with Crippen LogP contribution in [0.4, 0.5) is 0 Å². The van der Waals surface area contributed by atoms with Crippen LogP contribution >= 0.6 is 0 Å². The van der Waals surface area contributed by atoms with Crippen LogP contribution in [0.3, 0.4) is 0 Å². The van der Waals surface area contributed by atoms with E-state index < -0.39 is 0 Å². The second kappa shape index (κ2) is 5.45. The zero-order valence-corrected chi connectivity index (χ0v) is 9.01. The minimum Gasteiger partial charge on any atom is -0.469 e. The summed E-state index contributed by atoms with van der Waals surface area (Å²) in [6, 6.07) is 0. The van der Waals surface area contributed by atoms with Gasteiger partial charge in [0.25, 0.3) is 0 Å². The lowest BCUT2D eigenvalue weighted by molar-refractivity contribution is -0.141. The zero-order valence-electron chi connectivity index (χ0n) is 9.01. The van der Waals surface area contributed by atoms with Gasteiger partial charge in [0.15, 0.2) is 0 Å². The van der Waals surface area contributed by atoms with Crippen molar-refractivity contribution in [1.82, 2.24) is 14.8 Å². The van der Waals surface area contributed by atoms with Gasteiger partial charge in [-0.3, -0.25) is 9.48 Å². The Bertz CT molecular complexity index is 324. The Kier molecular flexibility index (Phi) is 4.23. The Morgan fingerprint density at radius 3 is 3.00 bits per heavy atom. The van der Waals surface area contributed by atoms with Crippen LogP contribution in [-0.2, 0) is 16.1 Å². The normalized spacial score (nSPS) is 12.5. The molecule has 6 nitrogen and oxygen atoms in total. The number of ether oxygens (including phenoxy) is 1. The third kappa shape index (κ3) is 2.76. The molecule has 1 rings (SSSR count). The number of carbonyl (C=O) groups excluding carboxylic acids is 1. The van der Waals surface area contributed by atoms with Crippen LogP contribution < -0.4 is 5.73 Å². The van der Waals surface area contributed by atoms with Crippen molar-refractivity contribution in [2.45, 2.75) is 25.8 Å². The molecule has 0 spiro atoms. The molecule has 0 amide bonds. The molecule has 0 aliphatic heterocycles. The second-order valence-corrected chi connectivity index (χ2v) is 3.15. The van der Waals surface area contributed by atoms with E-state index in [9.17, 15) is 4.79 Å². The van der Waals surface area contributed by atoms with Crippen LogP contribution in [0.15, 0.2) is 6.33 Å².